The van der Waals surface area contributed by atoms with E-state index in [0.29, 0.717) is 11.1 Å². The number of hydrogen-bond donors (Lipinski definition) is 0. The first-order chi connectivity index (χ1) is 12.6. The van der Waals surface area contributed by atoms with Crippen LogP contribution in [-0.2, 0) is 0 Å². The second-order valence-electron chi connectivity index (χ2n) is 6.12. The summed E-state index contributed by atoms with van der Waals surface area (Å²) in [7, 11) is 0. The molecule has 4 nitrogen and oxygen atoms in total. The van der Waals surface area contributed by atoms with Crippen molar-refractivity contribution in [3.8, 4) is 5.69 Å². The summed E-state index contributed by atoms with van der Waals surface area (Å²) in [6, 6.07) is 22.8. The zero-order valence-corrected chi connectivity index (χ0v) is 14.2. The smallest absolute Gasteiger partial charge is 0.196 e. The SMILES string of the molecule is CC(=O)c1nn(-c2ccccc2)cc1C(=O)c1ccc2ccccc2c1. The Morgan fingerprint density at radius 1 is 0.846 bits per heavy atom. The first kappa shape index (κ1) is 16.0. The zero-order valence-electron chi connectivity index (χ0n) is 14.2. The van der Waals surface area contributed by atoms with Crippen molar-refractivity contribution in [2.24, 2.45) is 0 Å². The van der Waals surface area contributed by atoms with E-state index in [2.05, 4.69) is 5.10 Å². The molecular formula is C22H16N2O2. The predicted octanol–water partition coefficient (Wildman–Crippen LogP) is 4.46. The summed E-state index contributed by atoms with van der Waals surface area (Å²) >= 11 is 0. The molecule has 0 atom stereocenters. The third-order valence-corrected chi connectivity index (χ3v) is 4.32. The number of fused-ring (bicyclic) bond motifs is 1. The van der Waals surface area contributed by atoms with Crippen LogP contribution in [0.15, 0.2) is 79.0 Å². The fourth-order valence-corrected chi connectivity index (χ4v) is 3.00. The molecule has 0 aliphatic carbocycles. The van der Waals surface area contributed by atoms with E-state index in [4.69, 9.17) is 0 Å². The van der Waals surface area contributed by atoms with Gasteiger partial charge in [-0.25, -0.2) is 4.68 Å². The Balaban J connectivity index is 1.81. The molecule has 0 N–H and O–H groups in total. The van der Waals surface area contributed by atoms with Gasteiger partial charge in [0.1, 0.15) is 5.69 Å². The molecular weight excluding hydrogens is 324 g/mol. The number of carbonyl (C=O) groups is 2. The number of rotatable bonds is 4. The first-order valence-electron chi connectivity index (χ1n) is 8.33. The minimum absolute atomic E-state index is 0.187. The van der Waals surface area contributed by atoms with Crippen molar-refractivity contribution >= 4 is 22.3 Å². The summed E-state index contributed by atoms with van der Waals surface area (Å²) in [5.74, 6) is -0.438. The molecule has 4 aromatic rings. The first-order valence-corrected chi connectivity index (χ1v) is 8.33. The van der Waals surface area contributed by atoms with Gasteiger partial charge in [-0.15, -0.1) is 0 Å². The molecule has 0 saturated carbocycles. The lowest BCUT2D eigenvalue weighted by Crippen LogP contribution is -2.06. The monoisotopic (exact) mass is 340 g/mol. The maximum atomic E-state index is 13.1. The highest BCUT2D eigenvalue weighted by molar-refractivity contribution is 6.15. The Kier molecular flexibility index (Phi) is 3.93. The van der Waals surface area contributed by atoms with E-state index in [-0.39, 0.29) is 17.3 Å². The van der Waals surface area contributed by atoms with Gasteiger partial charge in [0.05, 0.1) is 11.3 Å². The normalized spacial score (nSPS) is 10.8. The maximum absolute atomic E-state index is 13.1. The van der Waals surface area contributed by atoms with Crippen molar-refractivity contribution in [2.45, 2.75) is 6.92 Å². The minimum atomic E-state index is -0.233. The van der Waals surface area contributed by atoms with Gasteiger partial charge in [-0.3, -0.25) is 9.59 Å². The summed E-state index contributed by atoms with van der Waals surface area (Å²) in [6.45, 7) is 1.43. The molecule has 0 spiro atoms. The van der Waals surface area contributed by atoms with Crippen LogP contribution in [0.25, 0.3) is 16.5 Å². The molecule has 0 radical (unpaired) electrons. The second kappa shape index (κ2) is 6.41. The molecule has 3 aromatic carbocycles. The number of benzene rings is 3. The molecule has 0 aliphatic rings. The van der Waals surface area contributed by atoms with Crippen LogP contribution in [0.3, 0.4) is 0 Å². The fraction of sp³-hybridized carbons (Fsp3) is 0.0455. The van der Waals surface area contributed by atoms with Crippen LogP contribution in [-0.4, -0.2) is 21.3 Å². The molecule has 0 aliphatic heterocycles. The molecule has 0 unspecified atom stereocenters. The maximum Gasteiger partial charge on any atom is 0.196 e. The third-order valence-electron chi connectivity index (χ3n) is 4.32. The lowest BCUT2D eigenvalue weighted by Gasteiger charge is -2.03. The van der Waals surface area contributed by atoms with Crippen molar-refractivity contribution in [2.75, 3.05) is 0 Å². The molecule has 26 heavy (non-hydrogen) atoms. The number of nitrogens with zero attached hydrogens (tertiary/aromatic N) is 2. The summed E-state index contributed by atoms with van der Waals surface area (Å²) in [4.78, 5) is 25.1. The Morgan fingerprint density at radius 3 is 2.27 bits per heavy atom. The molecule has 0 fully saturated rings. The van der Waals surface area contributed by atoms with Crippen LogP contribution >= 0.6 is 0 Å². The van der Waals surface area contributed by atoms with E-state index in [9.17, 15) is 9.59 Å². The van der Waals surface area contributed by atoms with Crippen LogP contribution < -0.4 is 0 Å². The average molecular weight is 340 g/mol. The number of Topliss-reactive ketones (excluding diaryl/α,β-unsaturated/α-hetero) is 1. The highest BCUT2D eigenvalue weighted by Crippen LogP contribution is 2.21. The topological polar surface area (TPSA) is 52.0 Å². The van der Waals surface area contributed by atoms with Gasteiger partial charge < -0.3 is 0 Å². The molecule has 0 saturated heterocycles. The van der Waals surface area contributed by atoms with Gasteiger partial charge in [0.15, 0.2) is 11.6 Å². The summed E-state index contributed by atoms with van der Waals surface area (Å²) in [5.41, 5.74) is 1.84. The van der Waals surface area contributed by atoms with Crippen LogP contribution in [0, 0.1) is 0 Å². The van der Waals surface area contributed by atoms with Crippen molar-refractivity contribution < 1.29 is 9.59 Å². The van der Waals surface area contributed by atoms with Gasteiger partial charge in [-0.05, 0) is 29.0 Å². The Hall–Kier alpha value is -3.53. The van der Waals surface area contributed by atoms with E-state index in [1.54, 1.807) is 16.9 Å². The van der Waals surface area contributed by atoms with Gasteiger partial charge in [0, 0.05) is 18.7 Å². The van der Waals surface area contributed by atoms with E-state index in [1.807, 2.05) is 66.7 Å². The number of ketones is 2. The second-order valence-corrected chi connectivity index (χ2v) is 6.12. The molecule has 0 bridgehead atoms. The van der Waals surface area contributed by atoms with Crippen LogP contribution in [0.5, 0.6) is 0 Å². The van der Waals surface area contributed by atoms with Crippen molar-refractivity contribution in [1.82, 2.24) is 9.78 Å². The molecule has 4 heteroatoms. The summed E-state index contributed by atoms with van der Waals surface area (Å²) < 4.78 is 1.57. The lowest BCUT2D eigenvalue weighted by molar-refractivity contribution is 0.0987. The fourth-order valence-electron chi connectivity index (χ4n) is 3.00. The van der Waals surface area contributed by atoms with Crippen LogP contribution in [0.2, 0.25) is 0 Å². The van der Waals surface area contributed by atoms with Crippen LogP contribution in [0.1, 0.15) is 33.3 Å². The highest BCUT2D eigenvalue weighted by atomic mass is 16.1. The van der Waals surface area contributed by atoms with E-state index >= 15 is 0 Å². The predicted molar refractivity (Wildman–Crippen MR) is 101 cm³/mol. The Labute approximate surface area is 150 Å². The van der Waals surface area contributed by atoms with Crippen molar-refractivity contribution in [3.05, 3.63) is 95.8 Å². The average Bonchev–Trinajstić information content (AvgIpc) is 3.13. The molecule has 0 amide bonds. The van der Waals surface area contributed by atoms with E-state index in [1.165, 1.54) is 6.92 Å². The lowest BCUT2D eigenvalue weighted by atomic mass is 9.99. The number of hydrogen-bond acceptors (Lipinski definition) is 3. The standard InChI is InChI=1S/C22H16N2O2/c1-15(25)21-20(14-24(23-21)19-9-3-2-4-10-19)22(26)18-12-11-16-7-5-6-8-17(16)13-18/h2-14H,1H3. The van der Waals surface area contributed by atoms with Crippen LogP contribution in [0.4, 0.5) is 0 Å². The van der Waals surface area contributed by atoms with E-state index < -0.39 is 0 Å². The van der Waals surface area contributed by atoms with Crippen molar-refractivity contribution in [3.63, 3.8) is 0 Å². The molecule has 4 rings (SSSR count). The Morgan fingerprint density at radius 2 is 1.54 bits per heavy atom. The highest BCUT2D eigenvalue weighted by Gasteiger charge is 2.21. The van der Waals surface area contributed by atoms with Crippen molar-refractivity contribution in [1.29, 1.82) is 0 Å². The third kappa shape index (κ3) is 2.82. The van der Waals surface area contributed by atoms with Gasteiger partial charge in [-0.1, -0.05) is 54.6 Å². The number of para-hydroxylation sites is 1. The number of carbonyl (C=O) groups excluding carboxylic acids is 2. The quantitative estimate of drug-likeness (QED) is 0.515. The van der Waals surface area contributed by atoms with E-state index in [0.717, 1.165) is 16.5 Å². The van der Waals surface area contributed by atoms with Gasteiger partial charge in [0.25, 0.3) is 0 Å². The molecule has 1 aromatic heterocycles. The number of aromatic nitrogens is 2. The van der Waals surface area contributed by atoms with Gasteiger partial charge in [0.2, 0.25) is 0 Å². The van der Waals surface area contributed by atoms with Gasteiger partial charge in [-0.2, -0.15) is 5.10 Å². The molecule has 126 valence electrons. The molecule has 1 heterocycles. The van der Waals surface area contributed by atoms with Gasteiger partial charge >= 0.3 is 0 Å². The summed E-state index contributed by atoms with van der Waals surface area (Å²) in [6.07, 6.45) is 1.63. The zero-order chi connectivity index (χ0) is 18.1. The largest absolute Gasteiger partial charge is 0.293 e. The Bertz CT molecular complexity index is 1130. The summed E-state index contributed by atoms with van der Waals surface area (Å²) in [5, 5.41) is 6.39. The minimum Gasteiger partial charge on any atom is -0.293 e.